The van der Waals surface area contributed by atoms with Crippen LogP contribution in [0, 0.1) is 5.82 Å². The van der Waals surface area contributed by atoms with Gasteiger partial charge in [-0.3, -0.25) is 4.68 Å². The maximum Gasteiger partial charge on any atom is 0.436 e. The van der Waals surface area contributed by atoms with Gasteiger partial charge in [0.1, 0.15) is 5.82 Å². The van der Waals surface area contributed by atoms with Gasteiger partial charge in [-0.25, -0.2) is 4.39 Å². The molecule has 0 radical (unpaired) electrons. The molecule has 3 rings (SSSR count). The van der Waals surface area contributed by atoms with Gasteiger partial charge < -0.3 is 10.6 Å². The van der Waals surface area contributed by atoms with Gasteiger partial charge in [0.15, 0.2) is 10.8 Å². The van der Waals surface area contributed by atoms with E-state index in [2.05, 4.69) is 15.7 Å². The number of halogens is 5. The Morgan fingerprint density at radius 1 is 1.21 bits per heavy atom. The number of rotatable bonds is 7. The summed E-state index contributed by atoms with van der Waals surface area (Å²) in [7, 11) is 0. The van der Waals surface area contributed by atoms with Crippen molar-refractivity contribution in [2.24, 2.45) is 0 Å². The lowest BCUT2D eigenvalue weighted by Gasteiger charge is -2.11. The van der Waals surface area contributed by atoms with E-state index in [4.69, 9.17) is 23.8 Å². The monoisotopic (exact) mass is 434 g/mol. The van der Waals surface area contributed by atoms with E-state index in [1.165, 1.54) is 16.8 Å². The molecule has 0 atom stereocenters. The number of alkyl halides is 3. The number of nitrogens with one attached hydrogen (secondary N) is 2. The molecule has 152 valence electrons. The summed E-state index contributed by atoms with van der Waals surface area (Å²) in [6.07, 6.45) is -2.36. The Morgan fingerprint density at radius 2 is 1.89 bits per heavy atom. The van der Waals surface area contributed by atoms with Crippen LogP contribution >= 0.6 is 23.8 Å². The van der Waals surface area contributed by atoms with Crippen LogP contribution < -0.4 is 10.6 Å². The number of nitrogens with zero attached hydrogens (tertiary/aromatic N) is 2. The molecule has 4 nitrogen and oxygen atoms in total. The molecule has 0 aliphatic heterocycles. The molecule has 2 aromatic rings. The van der Waals surface area contributed by atoms with Crippen molar-refractivity contribution in [1.29, 1.82) is 0 Å². The van der Waals surface area contributed by atoms with Crippen LogP contribution in [0.5, 0.6) is 0 Å². The minimum atomic E-state index is -4.56. The van der Waals surface area contributed by atoms with Crippen molar-refractivity contribution in [2.45, 2.75) is 44.4 Å². The van der Waals surface area contributed by atoms with Gasteiger partial charge in [0.05, 0.1) is 10.7 Å². The fourth-order valence-electron chi connectivity index (χ4n) is 2.83. The van der Waals surface area contributed by atoms with E-state index in [0.717, 1.165) is 18.4 Å². The SMILES string of the molecule is Fc1ccc(CNC(=S)NCCCn2nc(C(F)(F)F)c(Cl)c2C2CC2)cc1. The molecule has 1 aromatic heterocycles. The Bertz CT molecular complexity index is 831. The normalized spacial score (nSPS) is 14.2. The highest BCUT2D eigenvalue weighted by molar-refractivity contribution is 7.80. The second-order valence-corrected chi connectivity index (χ2v) is 7.42. The minimum Gasteiger partial charge on any atom is -0.363 e. The van der Waals surface area contributed by atoms with Crippen molar-refractivity contribution in [2.75, 3.05) is 6.54 Å². The molecule has 0 amide bonds. The Morgan fingerprint density at radius 3 is 2.50 bits per heavy atom. The Hall–Kier alpha value is -1.87. The highest BCUT2D eigenvalue weighted by atomic mass is 35.5. The van der Waals surface area contributed by atoms with Gasteiger partial charge in [0.25, 0.3) is 0 Å². The van der Waals surface area contributed by atoms with E-state index in [9.17, 15) is 17.6 Å². The third-order valence-corrected chi connectivity index (χ3v) is 5.02. The predicted molar refractivity (Wildman–Crippen MR) is 103 cm³/mol. The van der Waals surface area contributed by atoms with Gasteiger partial charge in [-0.2, -0.15) is 18.3 Å². The van der Waals surface area contributed by atoms with E-state index < -0.39 is 11.9 Å². The largest absolute Gasteiger partial charge is 0.436 e. The minimum absolute atomic E-state index is 0.0579. The molecule has 28 heavy (non-hydrogen) atoms. The standard InChI is InChI=1S/C18H19ClF4N4S/c19-14-15(12-4-5-12)27(26-16(14)18(21,22)23)9-1-8-24-17(28)25-10-11-2-6-13(20)7-3-11/h2-3,6-7,12H,1,4-5,8-10H2,(H2,24,25,28). The average Bonchev–Trinajstić information content (AvgIpc) is 3.40. The van der Waals surface area contributed by atoms with E-state index in [-0.39, 0.29) is 16.8 Å². The quantitative estimate of drug-likeness (QED) is 0.379. The number of hydrogen-bond donors (Lipinski definition) is 2. The molecule has 0 bridgehead atoms. The summed E-state index contributed by atoms with van der Waals surface area (Å²) in [4.78, 5) is 0. The predicted octanol–water partition coefficient (Wildman–Crippen LogP) is 4.63. The van der Waals surface area contributed by atoms with Crippen LogP contribution in [0.2, 0.25) is 5.02 Å². The smallest absolute Gasteiger partial charge is 0.363 e. The first kappa shape index (κ1) is 20.9. The van der Waals surface area contributed by atoms with Crippen molar-refractivity contribution >= 4 is 28.9 Å². The number of thiocarbonyl (C=S) groups is 1. The second kappa shape index (κ2) is 8.65. The molecule has 1 fully saturated rings. The molecular formula is C18H19ClF4N4S. The van der Waals surface area contributed by atoms with E-state index >= 15 is 0 Å². The maximum absolute atomic E-state index is 13.0. The van der Waals surface area contributed by atoms with Gasteiger partial charge in [-0.1, -0.05) is 23.7 Å². The van der Waals surface area contributed by atoms with E-state index in [0.29, 0.717) is 36.9 Å². The molecule has 1 saturated carbocycles. The van der Waals surface area contributed by atoms with E-state index in [1.807, 2.05) is 0 Å². The molecular weight excluding hydrogens is 416 g/mol. The van der Waals surface area contributed by atoms with Crippen LogP contribution in [0.1, 0.15) is 42.1 Å². The number of hydrogen-bond acceptors (Lipinski definition) is 2. The Labute approximate surface area is 170 Å². The van der Waals surface area contributed by atoms with Crippen molar-refractivity contribution in [3.05, 3.63) is 52.1 Å². The fourth-order valence-corrected chi connectivity index (χ4v) is 3.40. The molecule has 1 aliphatic carbocycles. The van der Waals surface area contributed by atoms with Gasteiger partial charge in [0, 0.05) is 25.6 Å². The first-order chi connectivity index (χ1) is 13.3. The Kier molecular flexibility index (Phi) is 6.44. The zero-order chi connectivity index (χ0) is 20.3. The average molecular weight is 435 g/mol. The molecule has 10 heteroatoms. The van der Waals surface area contributed by atoms with Crippen LogP contribution in [0.15, 0.2) is 24.3 Å². The van der Waals surface area contributed by atoms with Crippen LogP contribution in [-0.2, 0) is 19.3 Å². The number of benzene rings is 1. The first-order valence-electron chi connectivity index (χ1n) is 8.85. The summed E-state index contributed by atoms with van der Waals surface area (Å²) in [5.74, 6) is -0.245. The van der Waals surface area contributed by atoms with Crippen molar-refractivity contribution < 1.29 is 17.6 Å². The van der Waals surface area contributed by atoms with Crippen molar-refractivity contribution in [3.63, 3.8) is 0 Å². The lowest BCUT2D eigenvalue weighted by Crippen LogP contribution is -2.35. The molecule has 0 saturated heterocycles. The zero-order valence-electron chi connectivity index (χ0n) is 14.8. The summed E-state index contributed by atoms with van der Waals surface area (Å²) >= 11 is 11.1. The molecule has 2 N–H and O–H groups in total. The second-order valence-electron chi connectivity index (χ2n) is 6.63. The molecule has 0 unspecified atom stereocenters. The molecule has 1 aliphatic rings. The van der Waals surface area contributed by atoms with Crippen LogP contribution in [-0.4, -0.2) is 21.4 Å². The summed E-state index contributed by atoms with van der Waals surface area (Å²) < 4.78 is 53.4. The molecule has 1 heterocycles. The third-order valence-electron chi connectivity index (χ3n) is 4.36. The van der Waals surface area contributed by atoms with E-state index in [1.54, 1.807) is 12.1 Å². The van der Waals surface area contributed by atoms with Gasteiger partial charge in [0.2, 0.25) is 0 Å². The van der Waals surface area contributed by atoms with Gasteiger partial charge in [-0.05, 0) is 49.2 Å². The highest BCUT2D eigenvalue weighted by Crippen LogP contribution is 2.46. The topological polar surface area (TPSA) is 41.9 Å². The summed E-state index contributed by atoms with van der Waals surface area (Å²) in [5, 5.41) is 9.83. The van der Waals surface area contributed by atoms with Crippen molar-refractivity contribution in [1.82, 2.24) is 20.4 Å². The zero-order valence-corrected chi connectivity index (χ0v) is 16.4. The maximum atomic E-state index is 13.0. The molecule has 1 aromatic carbocycles. The summed E-state index contributed by atoms with van der Waals surface area (Å²) in [6.45, 7) is 1.23. The third kappa shape index (κ3) is 5.35. The van der Waals surface area contributed by atoms with Gasteiger partial charge >= 0.3 is 6.18 Å². The van der Waals surface area contributed by atoms with Crippen LogP contribution in [0.3, 0.4) is 0 Å². The Balaban J connectivity index is 1.47. The fraction of sp³-hybridized carbons (Fsp3) is 0.444. The molecule has 0 spiro atoms. The summed E-state index contributed by atoms with van der Waals surface area (Å²) in [5.41, 5.74) is 0.344. The van der Waals surface area contributed by atoms with Crippen LogP contribution in [0.4, 0.5) is 17.6 Å². The number of aryl methyl sites for hydroxylation is 1. The van der Waals surface area contributed by atoms with Crippen LogP contribution in [0.25, 0.3) is 0 Å². The lowest BCUT2D eigenvalue weighted by molar-refractivity contribution is -0.141. The highest BCUT2D eigenvalue weighted by Gasteiger charge is 2.41. The number of aromatic nitrogens is 2. The summed E-state index contributed by atoms with van der Waals surface area (Å²) in [6, 6.07) is 6.05. The lowest BCUT2D eigenvalue weighted by atomic mass is 10.2. The first-order valence-corrected chi connectivity index (χ1v) is 9.64. The van der Waals surface area contributed by atoms with Crippen molar-refractivity contribution in [3.8, 4) is 0 Å². The van der Waals surface area contributed by atoms with Gasteiger partial charge in [-0.15, -0.1) is 0 Å².